The lowest BCUT2D eigenvalue weighted by molar-refractivity contribution is 0.0982. The van der Waals surface area contributed by atoms with Crippen molar-refractivity contribution in [3.05, 3.63) is 130 Å². The van der Waals surface area contributed by atoms with Crippen LogP contribution in [0, 0.1) is 6.92 Å². The second-order valence-corrected chi connectivity index (χ2v) is 9.57. The number of benzene rings is 4. The van der Waals surface area contributed by atoms with E-state index in [2.05, 4.69) is 0 Å². The van der Waals surface area contributed by atoms with Crippen LogP contribution in [0.3, 0.4) is 0 Å². The van der Waals surface area contributed by atoms with Gasteiger partial charge in [-0.05, 0) is 36.2 Å². The van der Waals surface area contributed by atoms with Gasteiger partial charge in [-0.25, -0.2) is 4.98 Å². The summed E-state index contributed by atoms with van der Waals surface area (Å²) < 4.78 is 0.858. The molecule has 5 rings (SSSR count). The van der Waals surface area contributed by atoms with Gasteiger partial charge in [0.25, 0.3) is 5.91 Å². The Morgan fingerprint density at radius 3 is 2.06 bits per heavy atom. The average molecular weight is 497 g/mol. The lowest BCUT2D eigenvalue weighted by Crippen LogP contribution is -2.30. The van der Waals surface area contributed by atoms with Crippen molar-refractivity contribution in [1.29, 1.82) is 0 Å². The molecule has 0 radical (unpaired) electrons. The van der Waals surface area contributed by atoms with Gasteiger partial charge in [0.05, 0.1) is 21.8 Å². The fourth-order valence-corrected chi connectivity index (χ4v) is 5.19. The number of hydrogen-bond donors (Lipinski definition) is 0. The third-order valence-electron chi connectivity index (χ3n) is 5.78. The lowest BCUT2D eigenvalue weighted by atomic mass is 10.0. The molecule has 0 aliphatic heterocycles. The minimum absolute atomic E-state index is 0.0815. The molecule has 172 valence electrons. The summed E-state index contributed by atoms with van der Waals surface area (Å²) >= 11 is 7.84. The van der Waals surface area contributed by atoms with Crippen LogP contribution in [0.15, 0.2) is 97.1 Å². The predicted octanol–water partition coefficient (Wildman–Crippen LogP) is 7.34. The summed E-state index contributed by atoms with van der Waals surface area (Å²) in [7, 11) is 0. The first-order valence-electron chi connectivity index (χ1n) is 11.1. The topological polar surface area (TPSA) is 50.3 Å². The highest BCUT2D eigenvalue weighted by Crippen LogP contribution is 2.36. The van der Waals surface area contributed by atoms with Gasteiger partial charge < -0.3 is 0 Å². The van der Waals surface area contributed by atoms with E-state index >= 15 is 0 Å². The number of fused-ring (bicyclic) bond motifs is 1. The van der Waals surface area contributed by atoms with Crippen LogP contribution in [0.2, 0.25) is 5.02 Å². The first kappa shape index (κ1) is 23.0. The molecule has 0 spiro atoms. The van der Waals surface area contributed by atoms with Gasteiger partial charge in [0.2, 0.25) is 0 Å². The molecular formula is C29H21ClN2O2S. The average Bonchev–Trinajstić information content (AvgIpc) is 3.36. The predicted molar refractivity (Wildman–Crippen MR) is 143 cm³/mol. The normalized spacial score (nSPS) is 10.9. The Bertz CT molecular complexity index is 1470. The molecule has 0 unspecified atom stereocenters. The summed E-state index contributed by atoms with van der Waals surface area (Å²) in [6.45, 7) is 2.34. The highest BCUT2D eigenvalue weighted by atomic mass is 35.5. The van der Waals surface area contributed by atoms with Crippen molar-refractivity contribution in [3.63, 3.8) is 0 Å². The smallest absolute Gasteiger partial charge is 0.260 e. The van der Waals surface area contributed by atoms with E-state index in [9.17, 15) is 9.59 Å². The zero-order valence-electron chi connectivity index (χ0n) is 18.9. The number of thiazole rings is 1. The van der Waals surface area contributed by atoms with Crippen molar-refractivity contribution < 1.29 is 9.59 Å². The van der Waals surface area contributed by atoms with Crippen LogP contribution in [-0.2, 0) is 6.54 Å². The highest BCUT2D eigenvalue weighted by molar-refractivity contribution is 7.23. The molecular weight excluding hydrogens is 476 g/mol. The second-order valence-electron chi connectivity index (χ2n) is 8.19. The van der Waals surface area contributed by atoms with Gasteiger partial charge >= 0.3 is 0 Å². The highest BCUT2D eigenvalue weighted by Gasteiger charge is 2.23. The Kier molecular flexibility index (Phi) is 6.45. The maximum Gasteiger partial charge on any atom is 0.260 e. The number of halogens is 1. The van der Waals surface area contributed by atoms with Crippen LogP contribution in [0.1, 0.15) is 37.4 Å². The van der Waals surface area contributed by atoms with Crippen LogP contribution in [0.5, 0.6) is 0 Å². The number of hydrogen-bond acceptors (Lipinski definition) is 4. The SMILES string of the molecule is Cc1ccc(Cl)c2sc(N(Cc3ccccc3)C(=O)c3ccc(C(=O)c4ccccc4)cc3)nc12. The fraction of sp³-hybridized carbons (Fsp3) is 0.0690. The van der Waals surface area contributed by atoms with Gasteiger partial charge in [-0.3, -0.25) is 14.5 Å². The Balaban J connectivity index is 1.50. The Morgan fingerprint density at radius 1 is 0.800 bits per heavy atom. The molecule has 0 saturated carbocycles. The van der Waals surface area contributed by atoms with Crippen molar-refractivity contribution in [1.82, 2.24) is 4.98 Å². The molecule has 1 heterocycles. The molecule has 0 N–H and O–H groups in total. The standard InChI is InChI=1S/C29H21ClN2O2S/c1-19-12-17-24(30)27-25(19)31-29(35-27)32(18-20-8-4-2-5-9-20)28(34)23-15-13-22(14-16-23)26(33)21-10-6-3-7-11-21/h2-17H,18H2,1H3. The van der Waals surface area contributed by atoms with E-state index in [0.717, 1.165) is 21.3 Å². The summed E-state index contributed by atoms with van der Waals surface area (Å²) in [6.07, 6.45) is 0. The molecule has 0 atom stereocenters. The van der Waals surface area contributed by atoms with Crippen molar-refractivity contribution >= 4 is 50.0 Å². The van der Waals surface area contributed by atoms with Crippen LogP contribution in [0.4, 0.5) is 5.13 Å². The van der Waals surface area contributed by atoms with E-state index in [4.69, 9.17) is 16.6 Å². The quantitative estimate of drug-likeness (QED) is 0.231. The van der Waals surface area contributed by atoms with E-state index in [1.807, 2.05) is 67.6 Å². The first-order chi connectivity index (χ1) is 17.0. The largest absolute Gasteiger partial charge is 0.289 e. The van der Waals surface area contributed by atoms with Gasteiger partial charge in [0, 0.05) is 16.7 Å². The number of carbonyl (C=O) groups is 2. The number of aromatic nitrogens is 1. The number of rotatable bonds is 6. The van der Waals surface area contributed by atoms with E-state index in [1.165, 1.54) is 11.3 Å². The molecule has 0 aliphatic rings. The van der Waals surface area contributed by atoms with Crippen molar-refractivity contribution in [3.8, 4) is 0 Å². The van der Waals surface area contributed by atoms with Gasteiger partial charge in [0.15, 0.2) is 10.9 Å². The Hall–Kier alpha value is -3.80. The monoisotopic (exact) mass is 496 g/mol. The summed E-state index contributed by atoms with van der Waals surface area (Å²) in [4.78, 5) is 33.0. The van der Waals surface area contributed by atoms with Crippen LogP contribution >= 0.6 is 22.9 Å². The lowest BCUT2D eigenvalue weighted by Gasteiger charge is -2.20. The zero-order chi connectivity index (χ0) is 24.4. The molecule has 35 heavy (non-hydrogen) atoms. The summed E-state index contributed by atoms with van der Waals surface area (Å²) in [5, 5.41) is 1.19. The molecule has 5 aromatic rings. The summed E-state index contributed by atoms with van der Waals surface area (Å²) in [6, 6.07) is 29.5. The molecule has 1 aromatic heterocycles. The molecule has 4 aromatic carbocycles. The summed E-state index contributed by atoms with van der Waals surface area (Å²) in [5.74, 6) is -0.276. The number of amides is 1. The molecule has 0 fully saturated rings. The Morgan fingerprint density at radius 2 is 1.40 bits per heavy atom. The second kappa shape index (κ2) is 9.82. The third-order valence-corrected chi connectivity index (χ3v) is 7.31. The first-order valence-corrected chi connectivity index (χ1v) is 12.3. The molecule has 4 nitrogen and oxygen atoms in total. The van der Waals surface area contributed by atoms with Gasteiger partial charge in [0.1, 0.15) is 0 Å². The van der Waals surface area contributed by atoms with Crippen LogP contribution in [-0.4, -0.2) is 16.7 Å². The van der Waals surface area contributed by atoms with Gasteiger partial charge in [-0.15, -0.1) is 0 Å². The van der Waals surface area contributed by atoms with Gasteiger partial charge in [-0.1, -0.05) is 102 Å². The maximum atomic E-state index is 13.7. The van der Waals surface area contributed by atoms with Crippen molar-refractivity contribution in [2.24, 2.45) is 0 Å². The Labute approximate surface area is 212 Å². The number of carbonyl (C=O) groups excluding carboxylic acids is 2. The van der Waals surface area contributed by atoms with E-state index in [0.29, 0.717) is 33.4 Å². The molecule has 0 aliphatic carbocycles. The minimum atomic E-state index is -0.194. The van der Waals surface area contributed by atoms with Crippen molar-refractivity contribution in [2.75, 3.05) is 4.90 Å². The minimum Gasteiger partial charge on any atom is -0.289 e. The van der Waals surface area contributed by atoms with E-state index in [-0.39, 0.29) is 11.7 Å². The molecule has 0 saturated heterocycles. The number of anilines is 1. The van der Waals surface area contributed by atoms with E-state index in [1.54, 1.807) is 41.3 Å². The molecule has 1 amide bonds. The van der Waals surface area contributed by atoms with E-state index < -0.39 is 0 Å². The van der Waals surface area contributed by atoms with Crippen LogP contribution < -0.4 is 4.90 Å². The number of ketones is 1. The molecule has 6 heteroatoms. The number of aryl methyl sites for hydroxylation is 1. The fourth-order valence-electron chi connectivity index (χ4n) is 3.87. The number of nitrogens with zero attached hydrogens (tertiary/aromatic N) is 2. The van der Waals surface area contributed by atoms with Crippen LogP contribution in [0.25, 0.3) is 10.2 Å². The third kappa shape index (κ3) is 4.74. The molecule has 0 bridgehead atoms. The van der Waals surface area contributed by atoms with Gasteiger partial charge in [-0.2, -0.15) is 0 Å². The summed E-state index contributed by atoms with van der Waals surface area (Å²) in [5.41, 5.74) is 4.41. The van der Waals surface area contributed by atoms with Crippen molar-refractivity contribution in [2.45, 2.75) is 13.5 Å². The zero-order valence-corrected chi connectivity index (χ0v) is 20.5. The maximum absolute atomic E-state index is 13.7.